The fourth-order valence-corrected chi connectivity index (χ4v) is 3.60. The molecule has 1 aliphatic heterocycles. The van der Waals surface area contributed by atoms with E-state index in [1.165, 1.54) is 0 Å². The van der Waals surface area contributed by atoms with Crippen LogP contribution in [-0.2, 0) is 0 Å². The Morgan fingerprint density at radius 1 is 1.19 bits per heavy atom. The number of amides is 1. The van der Waals surface area contributed by atoms with Crippen molar-refractivity contribution in [3.05, 3.63) is 59.4 Å². The Morgan fingerprint density at radius 3 is 2.58 bits per heavy atom. The van der Waals surface area contributed by atoms with Gasteiger partial charge in [-0.2, -0.15) is 5.26 Å². The molecule has 0 radical (unpaired) electrons. The summed E-state index contributed by atoms with van der Waals surface area (Å²) in [6.45, 7) is 1.85. The average molecular weight is 345 g/mol. The maximum atomic E-state index is 11.6. The third-order valence-electron chi connectivity index (χ3n) is 5.04. The van der Waals surface area contributed by atoms with E-state index in [2.05, 4.69) is 20.9 Å². The minimum absolute atomic E-state index is 0.331. The molecule has 1 aliphatic rings. The fraction of sp³-hybridized carbons (Fsp3) is 0.250. The highest BCUT2D eigenvalue weighted by molar-refractivity contribution is 6.04. The van der Waals surface area contributed by atoms with Crippen LogP contribution in [0, 0.1) is 11.3 Å². The SMILES string of the molecule is N#Cc1ccc(N2CCC(c3nc4c(C(N)=O)cccc4[nH]3)CC2)cc1. The zero-order chi connectivity index (χ0) is 18.1. The normalized spacial score (nSPS) is 15.1. The maximum absolute atomic E-state index is 11.6. The Labute approximate surface area is 151 Å². The molecule has 3 N–H and O–H groups in total. The average Bonchev–Trinajstić information content (AvgIpc) is 3.12. The summed E-state index contributed by atoms with van der Waals surface area (Å²) in [5.41, 5.74) is 9.24. The lowest BCUT2D eigenvalue weighted by atomic mass is 9.95. The van der Waals surface area contributed by atoms with Crippen LogP contribution in [0.2, 0.25) is 0 Å². The highest BCUT2D eigenvalue weighted by atomic mass is 16.1. The number of imidazole rings is 1. The molecular formula is C20H19N5O. The number of aromatic nitrogens is 2. The van der Waals surface area contributed by atoms with E-state index in [1.54, 1.807) is 6.07 Å². The summed E-state index contributed by atoms with van der Waals surface area (Å²) in [5, 5.41) is 8.91. The van der Waals surface area contributed by atoms with Gasteiger partial charge in [-0.3, -0.25) is 4.79 Å². The van der Waals surface area contributed by atoms with Crippen LogP contribution in [0.15, 0.2) is 42.5 Å². The number of nitriles is 1. The quantitative estimate of drug-likeness (QED) is 0.762. The van der Waals surface area contributed by atoms with Crippen LogP contribution in [0.4, 0.5) is 5.69 Å². The van der Waals surface area contributed by atoms with Gasteiger partial charge in [-0.1, -0.05) is 6.07 Å². The predicted octanol–water partition coefficient (Wildman–Crippen LogP) is 2.92. The molecule has 1 fully saturated rings. The first-order valence-electron chi connectivity index (χ1n) is 8.69. The Morgan fingerprint density at radius 2 is 1.92 bits per heavy atom. The van der Waals surface area contributed by atoms with E-state index in [0.717, 1.165) is 43.0 Å². The fourth-order valence-electron chi connectivity index (χ4n) is 3.60. The number of hydrogen-bond donors (Lipinski definition) is 2. The number of aromatic amines is 1. The highest BCUT2D eigenvalue weighted by Gasteiger charge is 2.24. The van der Waals surface area contributed by atoms with Crippen molar-refractivity contribution in [1.82, 2.24) is 9.97 Å². The van der Waals surface area contributed by atoms with Crippen molar-refractivity contribution in [3.8, 4) is 6.07 Å². The molecular weight excluding hydrogens is 326 g/mol. The molecule has 6 nitrogen and oxygen atoms in total. The Kier molecular flexibility index (Phi) is 4.05. The molecule has 2 heterocycles. The van der Waals surface area contributed by atoms with Crippen LogP contribution in [0.5, 0.6) is 0 Å². The first-order chi connectivity index (χ1) is 12.7. The van der Waals surface area contributed by atoms with Crippen molar-refractivity contribution in [2.45, 2.75) is 18.8 Å². The number of piperidine rings is 1. The molecule has 0 unspecified atom stereocenters. The van der Waals surface area contributed by atoms with Gasteiger partial charge in [-0.25, -0.2) is 4.98 Å². The standard InChI is InChI=1S/C20H19N5O/c21-12-13-4-6-15(7-5-13)25-10-8-14(9-11-25)20-23-17-3-1-2-16(19(22)26)18(17)24-20/h1-7,14H,8-11H2,(H2,22,26)(H,23,24). The van der Waals surface area contributed by atoms with Gasteiger partial charge in [0.25, 0.3) is 5.91 Å². The van der Waals surface area contributed by atoms with Crippen molar-refractivity contribution < 1.29 is 4.79 Å². The van der Waals surface area contributed by atoms with Crippen LogP contribution in [0.25, 0.3) is 11.0 Å². The molecule has 130 valence electrons. The number of hydrogen-bond acceptors (Lipinski definition) is 4. The third-order valence-corrected chi connectivity index (χ3v) is 5.04. The van der Waals surface area contributed by atoms with Crippen LogP contribution in [-0.4, -0.2) is 29.0 Å². The van der Waals surface area contributed by atoms with Gasteiger partial charge < -0.3 is 15.6 Å². The molecule has 0 atom stereocenters. The van der Waals surface area contributed by atoms with Crippen molar-refractivity contribution in [2.75, 3.05) is 18.0 Å². The lowest BCUT2D eigenvalue weighted by Crippen LogP contribution is -2.33. The van der Waals surface area contributed by atoms with E-state index >= 15 is 0 Å². The Hall–Kier alpha value is -3.33. The lowest BCUT2D eigenvalue weighted by Gasteiger charge is -2.32. The molecule has 0 aliphatic carbocycles. The molecule has 4 rings (SSSR count). The van der Waals surface area contributed by atoms with Crippen LogP contribution in [0.3, 0.4) is 0 Å². The van der Waals surface area contributed by atoms with Gasteiger partial charge in [0, 0.05) is 24.7 Å². The topological polar surface area (TPSA) is 98.8 Å². The number of primary amides is 1. The van der Waals surface area contributed by atoms with Crippen molar-refractivity contribution >= 4 is 22.6 Å². The molecule has 0 bridgehead atoms. The molecule has 1 amide bonds. The number of rotatable bonds is 3. The Balaban J connectivity index is 1.51. The summed E-state index contributed by atoms with van der Waals surface area (Å²) >= 11 is 0. The van der Waals surface area contributed by atoms with E-state index < -0.39 is 5.91 Å². The van der Waals surface area contributed by atoms with Gasteiger partial charge in [0.1, 0.15) is 11.3 Å². The van der Waals surface area contributed by atoms with Gasteiger partial charge in [-0.15, -0.1) is 0 Å². The van der Waals surface area contributed by atoms with Gasteiger partial charge in [0.15, 0.2) is 0 Å². The monoisotopic (exact) mass is 345 g/mol. The highest BCUT2D eigenvalue weighted by Crippen LogP contribution is 2.30. The van der Waals surface area contributed by atoms with Gasteiger partial charge >= 0.3 is 0 Å². The summed E-state index contributed by atoms with van der Waals surface area (Å²) < 4.78 is 0. The van der Waals surface area contributed by atoms with Crippen molar-refractivity contribution in [1.29, 1.82) is 5.26 Å². The van der Waals surface area contributed by atoms with Crippen LogP contribution in [0.1, 0.15) is 40.5 Å². The largest absolute Gasteiger partial charge is 0.371 e. The second-order valence-electron chi connectivity index (χ2n) is 6.61. The van der Waals surface area contributed by atoms with E-state index in [9.17, 15) is 4.79 Å². The Bertz CT molecular complexity index is 991. The number of nitrogens with two attached hydrogens (primary N) is 1. The van der Waals surface area contributed by atoms with Gasteiger partial charge in [0.2, 0.25) is 0 Å². The second kappa shape index (κ2) is 6.52. The van der Waals surface area contributed by atoms with Crippen LogP contribution >= 0.6 is 0 Å². The molecule has 6 heteroatoms. The number of fused-ring (bicyclic) bond motifs is 1. The molecule has 0 saturated carbocycles. The molecule has 2 aromatic carbocycles. The summed E-state index contributed by atoms with van der Waals surface area (Å²) in [5.74, 6) is 0.801. The van der Waals surface area contributed by atoms with Gasteiger partial charge in [0.05, 0.1) is 22.7 Å². The molecule has 26 heavy (non-hydrogen) atoms. The summed E-state index contributed by atoms with van der Waals surface area (Å²) in [6.07, 6.45) is 1.96. The minimum Gasteiger partial charge on any atom is -0.371 e. The number of benzene rings is 2. The van der Waals surface area contributed by atoms with E-state index in [1.807, 2.05) is 36.4 Å². The van der Waals surface area contributed by atoms with E-state index in [0.29, 0.717) is 22.6 Å². The molecule has 1 saturated heterocycles. The molecule has 3 aromatic rings. The van der Waals surface area contributed by atoms with Crippen molar-refractivity contribution in [3.63, 3.8) is 0 Å². The van der Waals surface area contributed by atoms with E-state index in [4.69, 9.17) is 11.0 Å². The zero-order valence-corrected chi connectivity index (χ0v) is 14.3. The first kappa shape index (κ1) is 16.2. The molecule has 0 spiro atoms. The zero-order valence-electron chi connectivity index (χ0n) is 14.3. The first-order valence-corrected chi connectivity index (χ1v) is 8.69. The number of nitrogens with one attached hydrogen (secondary N) is 1. The van der Waals surface area contributed by atoms with Gasteiger partial charge in [-0.05, 0) is 49.2 Å². The smallest absolute Gasteiger partial charge is 0.250 e. The maximum Gasteiger partial charge on any atom is 0.250 e. The number of para-hydroxylation sites is 1. The summed E-state index contributed by atoms with van der Waals surface area (Å²) in [7, 11) is 0. The second-order valence-corrected chi connectivity index (χ2v) is 6.61. The number of carbonyl (C=O) groups is 1. The minimum atomic E-state index is -0.454. The summed E-state index contributed by atoms with van der Waals surface area (Å²) in [6, 6.07) is 15.3. The number of carbonyl (C=O) groups excluding carboxylic acids is 1. The summed E-state index contributed by atoms with van der Waals surface area (Å²) in [4.78, 5) is 21.9. The van der Waals surface area contributed by atoms with Crippen molar-refractivity contribution in [2.24, 2.45) is 5.73 Å². The predicted molar refractivity (Wildman–Crippen MR) is 100.0 cm³/mol. The van der Waals surface area contributed by atoms with Crippen LogP contribution < -0.4 is 10.6 Å². The number of anilines is 1. The third kappa shape index (κ3) is 2.88. The van der Waals surface area contributed by atoms with E-state index in [-0.39, 0.29) is 0 Å². The molecule has 1 aromatic heterocycles. The lowest BCUT2D eigenvalue weighted by molar-refractivity contribution is 0.100. The number of nitrogens with zero attached hydrogens (tertiary/aromatic N) is 3. The number of H-pyrrole nitrogens is 1.